The number of nitrogens with one attached hydrogen (secondary N) is 1. The molecule has 13 heavy (non-hydrogen) atoms. The van der Waals surface area contributed by atoms with Crippen LogP contribution < -0.4 is 5.32 Å². The fraction of sp³-hybridized carbons (Fsp3) is 0.600. The van der Waals surface area contributed by atoms with Gasteiger partial charge in [-0.25, -0.2) is 8.78 Å². The monoisotopic (exact) mass is 187 g/mol. The molecule has 0 aliphatic carbocycles. The van der Waals surface area contributed by atoms with E-state index in [-0.39, 0.29) is 6.04 Å². The summed E-state index contributed by atoms with van der Waals surface area (Å²) in [5.74, 6) is -3.31. The highest BCUT2D eigenvalue weighted by Gasteiger charge is 2.34. The molecule has 0 aromatic rings. The Morgan fingerprint density at radius 1 is 1.46 bits per heavy atom. The van der Waals surface area contributed by atoms with Crippen molar-refractivity contribution in [1.82, 2.24) is 5.32 Å². The zero-order valence-corrected chi connectivity index (χ0v) is 7.93. The third-order valence-electron chi connectivity index (χ3n) is 2.38. The number of halogens is 2. The van der Waals surface area contributed by atoms with Crippen LogP contribution in [-0.4, -0.2) is 18.5 Å². The predicted octanol–water partition coefficient (Wildman–Crippen LogP) is 2.36. The van der Waals surface area contributed by atoms with Crippen LogP contribution in [0.1, 0.15) is 13.8 Å². The van der Waals surface area contributed by atoms with Gasteiger partial charge in [-0.05, 0) is 6.92 Å². The average Bonchev–Trinajstić information content (AvgIpc) is 2.28. The van der Waals surface area contributed by atoms with Crippen molar-refractivity contribution in [2.75, 3.05) is 6.54 Å². The first kappa shape index (κ1) is 10.4. The van der Waals surface area contributed by atoms with Gasteiger partial charge in [0, 0.05) is 18.5 Å². The molecular formula is C10H15F2N. The molecule has 74 valence electrons. The second-order valence-corrected chi connectivity index (χ2v) is 3.49. The molecule has 0 bridgehead atoms. The largest absolute Gasteiger partial charge is 0.307 e. The summed E-state index contributed by atoms with van der Waals surface area (Å²) in [5, 5.41) is 3.03. The lowest BCUT2D eigenvalue weighted by molar-refractivity contribution is -0.0400. The molecule has 0 saturated carbocycles. The van der Waals surface area contributed by atoms with Gasteiger partial charge >= 0.3 is 0 Å². The van der Waals surface area contributed by atoms with Crippen LogP contribution in [0, 0.1) is 5.92 Å². The van der Waals surface area contributed by atoms with E-state index in [4.69, 9.17) is 0 Å². The van der Waals surface area contributed by atoms with E-state index in [2.05, 4.69) is 5.32 Å². The zero-order chi connectivity index (χ0) is 9.90. The Kier molecular flexibility index (Phi) is 3.20. The van der Waals surface area contributed by atoms with Crippen molar-refractivity contribution in [3.05, 3.63) is 24.3 Å². The van der Waals surface area contributed by atoms with Crippen LogP contribution in [0.4, 0.5) is 8.78 Å². The minimum absolute atomic E-state index is 0.241. The van der Waals surface area contributed by atoms with Crippen LogP contribution in [0.5, 0.6) is 0 Å². The number of hydrogen-bond donors (Lipinski definition) is 1. The lowest BCUT2D eigenvalue weighted by Gasteiger charge is -2.26. The molecule has 1 aliphatic rings. The van der Waals surface area contributed by atoms with Gasteiger partial charge in [0.25, 0.3) is 0 Å². The van der Waals surface area contributed by atoms with Gasteiger partial charge in [-0.1, -0.05) is 31.2 Å². The molecule has 3 heteroatoms. The van der Waals surface area contributed by atoms with Crippen LogP contribution in [-0.2, 0) is 0 Å². The van der Waals surface area contributed by atoms with Crippen LogP contribution >= 0.6 is 0 Å². The van der Waals surface area contributed by atoms with Crippen molar-refractivity contribution in [1.29, 1.82) is 0 Å². The Bertz CT molecular complexity index is 215. The van der Waals surface area contributed by atoms with Crippen LogP contribution in [0.2, 0.25) is 0 Å². The van der Waals surface area contributed by atoms with Crippen molar-refractivity contribution in [2.24, 2.45) is 5.92 Å². The van der Waals surface area contributed by atoms with E-state index in [1.165, 1.54) is 0 Å². The third kappa shape index (κ3) is 2.92. The molecule has 1 rings (SSSR count). The lowest BCUT2D eigenvalue weighted by atomic mass is 9.95. The van der Waals surface area contributed by atoms with Gasteiger partial charge in [-0.2, -0.15) is 0 Å². The molecule has 0 aromatic heterocycles. The molecule has 1 heterocycles. The van der Waals surface area contributed by atoms with Crippen LogP contribution in [0.15, 0.2) is 24.3 Å². The van der Waals surface area contributed by atoms with E-state index in [1.54, 1.807) is 13.0 Å². The van der Waals surface area contributed by atoms with E-state index < -0.39 is 11.8 Å². The molecule has 1 nitrogen and oxygen atoms in total. The Morgan fingerprint density at radius 2 is 2.15 bits per heavy atom. The Labute approximate surface area is 77.5 Å². The van der Waals surface area contributed by atoms with Crippen molar-refractivity contribution in [2.45, 2.75) is 25.8 Å². The highest BCUT2D eigenvalue weighted by molar-refractivity contribution is 5.12. The fourth-order valence-corrected chi connectivity index (χ4v) is 1.26. The van der Waals surface area contributed by atoms with Crippen molar-refractivity contribution >= 4 is 0 Å². The van der Waals surface area contributed by atoms with E-state index in [0.717, 1.165) is 6.92 Å². The van der Waals surface area contributed by atoms with Crippen molar-refractivity contribution in [3.8, 4) is 0 Å². The van der Waals surface area contributed by atoms with Gasteiger partial charge < -0.3 is 5.32 Å². The van der Waals surface area contributed by atoms with Gasteiger partial charge in [0.15, 0.2) is 0 Å². The number of hydrogen-bond acceptors (Lipinski definition) is 1. The zero-order valence-electron chi connectivity index (χ0n) is 7.93. The maximum atomic E-state index is 12.9. The normalized spacial score (nSPS) is 25.7. The summed E-state index contributed by atoms with van der Waals surface area (Å²) in [7, 11) is 0. The van der Waals surface area contributed by atoms with Gasteiger partial charge in [0.2, 0.25) is 5.92 Å². The molecule has 2 unspecified atom stereocenters. The summed E-state index contributed by atoms with van der Waals surface area (Å²) in [5.41, 5.74) is 0. The molecule has 2 atom stereocenters. The van der Waals surface area contributed by atoms with E-state index in [9.17, 15) is 8.78 Å². The molecule has 0 saturated heterocycles. The predicted molar refractivity (Wildman–Crippen MR) is 49.9 cm³/mol. The minimum Gasteiger partial charge on any atom is -0.307 e. The SMILES string of the molecule is CC(C1C=CC=CCN1)C(C)(F)F. The maximum absolute atomic E-state index is 12.9. The first-order valence-electron chi connectivity index (χ1n) is 4.46. The molecule has 0 spiro atoms. The van der Waals surface area contributed by atoms with Gasteiger partial charge in [0.1, 0.15) is 0 Å². The summed E-state index contributed by atoms with van der Waals surface area (Å²) < 4.78 is 25.9. The summed E-state index contributed by atoms with van der Waals surface area (Å²) in [6.45, 7) is 3.18. The standard InChI is InChI=1S/C10H15F2N/c1-8(10(2,11)12)9-6-4-3-5-7-13-9/h3-6,8-9,13H,7H2,1-2H3. The summed E-state index contributed by atoms with van der Waals surface area (Å²) in [4.78, 5) is 0. The van der Waals surface area contributed by atoms with E-state index in [1.807, 2.05) is 18.2 Å². The molecule has 0 radical (unpaired) electrons. The average molecular weight is 187 g/mol. The summed E-state index contributed by atoms with van der Waals surface area (Å²) in [6.07, 6.45) is 7.38. The summed E-state index contributed by atoms with van der Waals surface area (Å²) in [6, 6.07) is -0.241. The number of rotatable bonds is 2. The molecule has 0 amide bonds. The first-order valence-corrected chi connectivity index (χ1v) is 4.46. The quantitative estimate of drug-likeness (QED) is 0.699. The summed E-state index contributed by atoms with van der Waals surface area (Å²) >= 11 is 0. The number of allylic oxidation sites excluding steroid dienone is 2. The fourth-order valence-electron chi connectivity index (χ4n) is 1.26. The van der Waals surface area contributed by atoms with Crippen molar-refractivity contribution in [3.63, 3.8) is 0 Å². The highest BCUT2D eigenvalue weighted by atomic mass is 19.3. The first-order chi connectivity index (χ1) is 6.02. The van der Waals surface area contributed by atoms with Crippen LogP contribution in [0.3, 0.4) is 0 Å². The van der Waals surface area contributed by atoms with Gasteiger partial charge in [-0.15, -0.1) is 0 Å². The topological polar surface area (TPSA) is 12.0 Å². The third-order valence-corrected chi connectivity index (χ3v) is 2.38. The van der Waals surface area contributed by atoms with Crippen LogP contribution in [0.25, 0.3) is 0 Å². The molecule has 0 aromatic carbocycles. The molecular weight excluding hydrogens is 172 g/mol. The van der Waals surface area contributed by atoms with E-state index >= 15 is 0 Å². The minimum atomic E-state index is -2.63. The number of alkyl halides is 2. The molecule has 1 N–H and O–H groups in total. The molecule has 0 fully saturated rings. The molecule has 1 aliphatic heterocycles. The van der Waals surface area contributed by atoms with Gasteiger partial charge in [0.05, 0.1) is 0 Å². The Balaban J connectivity index is 2.62. The Morgan fingerprint density at radius 3 is 2.77 bits per heavy atom. The smallest absolute Gasteiger partial charge is 0.249 e. The van der Waals surface area contributed by atoms with Gasteiger partial charge in [-0.3, -0.25) is 0 Å². The van der Waals surface area contributed by atoms with Crippen molar-refractivity contribution < 1.29 is 8.78 Å². The maximum Gasteiger partial charge on any atom is 0.249 e. The second kappa shape index (κ2) is 4.01. The van der Waals surface area contributed by atoms with E-state index in [0.29, 0.717) is 6.54 Å². The highest BCUT2D eigenvalue weighted by Crippen LogP contribution is 2.26. The second-order valence-electron chi connectivity index (χ2n) is 3.49. The Hall–Kier alpha value is -0.700. The lowest BCUT2D eigenvalue weighted by Crippen LogP contribution is -2.40.